The minimum absolute atomic E-state index is 0.0555. The summed E-state index contributed by atoms with van der Waals surface area (Å²) in [5.74, 6) is -2.03. The maximum Gasteiger partial charge on any atom is 0.321 e. The SMILES string of the molecule is Cc1ccc(NC(=O)N2CCC(N3CC(F)(F)C[C@H]3COCC3CC3)CC2)c(Cl)c1. The smallest absolute Gasteiger partial charge is 0.321 e. The average molecular weight is 442 g/mol. The van der Waals surface area contributed by atoms with Crippen LogP contribution < -0.4 is 5.32 Å². The molecule has 0 aromatic heterocycles. The highest BCUT2D eigenvalue weighted by molar-refractivity contribution is 6.33. The lowest BCUT2D eigenvalue weighted by atomic mass is 10.0. The van der Waals surface area contributed by atoms with Gasteiger partial charge in [0.15, 0.2) is 0 Å². The summed E-state index contributed by atoms with van der Waals surface area (Å²) in [7, 11) is 0. The predicted molar refractivity (Wildman–Crippen MR) is 113 cm³/mol. The monoisotopic (exact) mass is 441 g/mol. The number of carbonyl (C=O) groups excluding carboxylic acids is 1. The Morgan fingerprint density at radius 2 is 1.97 bits per heavy atom. The van der Waals surface area contributed by atoms with Gasteiger partial charge in [-0.3, -0.25) is 4.90 Å². The molecule has 0 unspecified atom stereocenters. The van der Waals surface area contributed by atoms with Gasteiger partial charge in [-0.2, -0.15) is 0 Å². The van der Waals surface area contributed by atoms with Crippen molar-refractivity contribution in [3.05, 3.63) is 28.8 Å². The van der Waals surface area contributed by atoms with Gasteiger partial charge in [-0.1, -0.05) is 17.7 Å². The molecule has 1 N–H and O–H groups in total. The number of carbonyl (C=O) groups is 1. The van der Waals surface area contributed by atoms with E-state index in [9.17, 15) is 13.6 Å². The fraction of sp³-hybridized carbons (Fsp3) is 0.682. The Morgan fingerprint density at radius 3 is 2.63 bits per heavy atom. The highest BCUT2D eigenvalue weighted by Crippen LogP contribution is 2.36. The molecule has 1 aromatic rings. The number of alkyl halides is 2. The summed E-state index contributed by atoms with van der Waals surface area (Å²) < 4.78 is 34.0. The van der Waals surface area contributed by atoms with Gasteiger partial charge in [0.25, 0.3) is 5.92 Å². The van der Waals surface area contributed by atoms with E-state index < -0.39 is 5.92 Å². The molecule has 4 rings (SSSR count). The fourth-order valence-electron chi connectivity index (χ4n) is 4.48. The number of hydrogen-bond acceptors (Lipinski definition) is 3. The van der Waals surface area contributed by atoms with Crippen LogP contribution in [0.5, 0.6) is 0 Å². The molecule has 0 radical (unpaired) electrons. The lowest BCUT2D eigenvalue weighted by Crippen LogP contribution is -2.50. The molecule has 1 saturated carbocycles. The van der Waals surface area contributed by atoms with Crippen LogP contribution in [0.25, 0.3) is 0 Å². The Hall–Kier alpha value is -1.44. The first-order valence-corrected chi connectivity index (χ1v) is 11.2. The van der Waals surface area contributed by atoms with E-state index in [0.717, 1.165) is 5.56 Å². The van der Waals surface area contributed by atoms with Crippen molar-refractivity contribution in [2.45, 2.75) is 57.0 Å². The van der Waals surface area contributed by atoms with Crippen molar-refractivity contribution in [1.82, 2.24) is 9.80 Å². The molecule has 5 nitrogen and oxygen atoms in total. The fourth-order valence-corrected chi connectivity index (χ4v) is 4.76. The van der Waals surface area contributed by atoms with Crippen molar-refractivity contribution in [3.63, 3.8) is 0 Å². The molecule has 0 spiro atoms. The third-order valence-corrected chi connectivity index (χ3v) is 6.68. The highest BCUT2D eigenvalue weighted by atomic mass is 35.5. The van der Waals surface area contributed by atoms with E-state index in [1.165, 1.54) is 12.8 Å². The first-order chi connectivity index (χ1) is 14.3. The molecule has 3 aliphatic rings. The van der Waals surface area contributed by atoms with Crippen molar-refractivity contribution in [2.24, 2.45) is 5.92 Å². The standard InChI is InChI=1S/C22H30ClF2N3O2/c1-15-2-5-20(19(23)10-15)26-21(29)27-8-6-17(7-9-27)28-14-22(24,25)11-18(28)13-30-12-16-3-4-16/h2,5,10,16-18H,3-4,6-9,11-14H2,1H3,(H,26,29)/t18-/m0/s1. The van der Waals surface area contributed by atoms with Crippen molar-refractivity contribution >= 4 is 23.3 Å². The number of amides is 2. The zero-order valence-electron chi connectivity index (χ0n) is 17.4. The van der Waals surface area contributed by atoms with Gasteiger partial charge >= 0.3 is 6.03 Å². The summed E-state index contributed by atoms with van der Waals surface area (Å²) in [6.07, 6.45) is 3.62. The molecular weight excluding hydrogens is 412 g/mol. The molecule has 8 heteroatoms. The van der Waals surface area contributed by atoms with Gasteiger partial charge in [-0.25, -0.2) is 13.6 Å². The Balaban J connectivity index is 1.29. The number of anilines is 1. The zero-order chi connectivity index (χ0) is 21.3. The van der Waals surface area contributed by atoms with E-state index in [4.69, 9.17) is 16.3 Å². The quantitative estimate of drug-likeness (QED) is 0.690. The minimum Gasteiger partial charge on any atom is -0.380 e. The number of halogens is 3. The van der Waals surface area contributed by atoms with E-state index in [1.807, 2.05) is 24.0 Å². The number of benzene rings is 1. The second-order valence-electron chi connectivity index (χ2n) is 9.00. The maximum absolute atomic E-state index is 14.1. The van der Waals surface area contributed by atoms with Gasteiger partial charge in [0.1, 0.15) is 0 Å². The number of piperidine rings is 1. The van der Waals surface area contributed by atoms with Crippen LogP contribution in [0.3, 0.4) is 0 Å². The first kappa shape index (κ1) is 21.8. The molecular formula is C22H30ClF2N3O2. The van der Waals surface area contributed by atoms with E-state index >= 15 is 0 Å². The molecule has 166 valence electrons. The van der Waals surface area contributed by atoms with Crippen molar-refractivity contribution in [1.29, 1.82) is 0 Å². The summed E-state index contributed by atoms with van der Waals surface area (Å²) in [5, 5.41) is 3.37. The topological polar surface area (TPSA) is 44.8 Å². The number of nitrogens with one attached hydrogen (secondary N) is 1. The van der Waals surface area contributed by atoms with Crippen LogP contribution >= 0.6 is 11.6 Å². The van der Waals surface area contributed by atoms with Gasteiger partial charge in [-0.05, 0) is 56.2 Å². The maximum atomic E-state index is 14.1. The van der Waals surface area contributed by atoms with Crippen LogP contribution in [0, 0.1) is 12.8 Å². The number of rotatable bonds is 6. The number of hydrogen-bond donors (Lipinski definition) is 1. The first-order valence-electron chi connectivity index (χ1n) is 10.8. The second kappa shape index (κ2) is 8.97. The molecule has 2 amide bonds. The summed E-state index contributed by atoms with van der Waals surface area (Å²) in [6, 6.07) is 5.11. The Kier molecular flexibility index (Phi) is 6.51. The van der Waals surface area contributed by atoms with Crippen molar-refractivity contribution in [3.8, 4) is 0 Å². The molecule has 1 aliphatic carbocycles. The zero-order valence-corrected chi connectivity index (χ0v) is 18.1. The Morgan fingerprint density at radius 1 is 1.23 bits per heavy atom. The normalized spacial score (nSPS) is 24.9. The van der Waals surface area contributed by atoms with Crippen LogP contribution in [0.4, 0.5) is 19.3 Å². The number of ether oxygens (including phenoxy) is 1. The largest absolute Gasteiger partial charge is 0.380 e. The lowest BCUT2D eigenvalue weighted by molar-refractivity contribution is 0.00378. The average Bonchev–Trinajstić information content (AvgIpc) is 3.46. The molecule has 2 saturated heterocycles. The van der Waals surface area contributed by atoms with Gasteiger partial charge < -0.3 is 15.0 Å². The van der Waals surface area contributed by atoms with Crippen LogP contribution in [0.15, 0.2) is 18.2 Å². The van der Waals surface area contributed by atoms with Crippen LogP contribution in [-0.4, -0.2) is 66.7 Å². The summed E-state index contributed by atoms with van der Waals surface area (Å²) >= 11 is 6.21. The molecule has 2 heterocycles. The second-order valence-corrected chi connectivity index (χ2v) is 9.41. The van der Waals surface area contributed by atoms with Gasteiger partial charge in [0, 0.05) is 38.2 Å². The number of urea groups is 1. The van der Waals surface area contributed by atoms with Gasteiger partial charge in [0.05, 0.1) is 23.9 Å². The number of aryl methyl sites for hydroxylation is 1. The molecule has 2 aliphatic heterocycles. The lowest BCUT2D eigenvalue weighted by Gasteiger charge is -2.39. The molecule has 30 heavy (non-hydrogen) atoms. The minimum atomic E-state index is -2.66. The Bertz CT molecular complexity index is 767. The molecule has 1 aromatic carbocycles. The highest BCUT2D eigenvalue weighted by Gasteiger charge is 2.47. The van der Waals surface area contributed by atoms with Crippen molar-refractivity contribution < 1.29 is 18.3 Å². The van der Waals surface area contributed by atoms with Gasteiger partial charge in [0.2, 0.25) is 0 Å². The van der Waals surface area contributed by atoms with Gasteiger partial charge in [-0.15, -0.1) is 0 Å². The molecule has 1 atom stereocenters. The van der Waals surface area contributed by atoms with Crippen molar-refractivity contribution in [2.75, 3.05) is 38.2 Å². The molecule has 0 bridgehead atoms. The number of nitrogens with zero attached hydrogens (tertiary/aromatic N) is 2. The van der Waals surface area contributed by atoms with Crippen LogP contribution in [-0.2, 0) is 4.74 Å². The summed E-state index contributed by atoms with van der Waals surface area (Å²) in [6.45, 7) is 3.87. The van der Waals surface area contributed by atoms with E-state index in [1.54, 1.807) is 11.0 Å². The van der Waals surface area contributed by atoms with E-state index in [0.29, 0.717) is 55.8 Å². The number of likely N-dealkylation sites (tertiary alicyclic amines) is 2. The Labute approximate surface area is 181 Å². The van der Waals surface area contributed by atoms with Crippen LogP contribution in [0.2, 0.25) is 5.02 Å². The predicted octanol–water partition coefficient (Wildman–Crippen LogP) is 4.78. The van der Waals surface area contributed by atoms with Crippen LogP contribution in [0.1, 0.15) is 37.7 Å². The molecule has 3 fully saturated rings. The third kappa shape index (κ3) is 5.42. The third-order valence-electron chi connectivity index (χ3n) is 6.36. The summed E-state index contributed by atoms with van der Waals surface area (Å²) in [4.78, 5) is 16.3. The summed E-state index contributed by atoms with van der Waals surface area (Å²) in [5.41, 5.74) is 1.61. The van der Waals surface area contributed by atoms with E-state index in [2.05, 4.69) is 5.32 Å². The van der Waals surface area contributed by atoms with E-state index in [-0.39, 0.29) is 31.1 Å².